The quantitative estimate of drug-likeness (QED) is 0.513. The predicted molar refractivity (Wildman–Crippen MR) is 103 cm³/mol. The maximum absolute atomic E-state index is 12.6. The van der Waals surface area contributed by atoms with Gasteiger partial charge in [0.1, 0.15) is 0 Å². The topological polar surface area (TPSA) is 59.8 Å². The Bertz CT molecular complexity index is 875. The molecule has 1 aromatic heterocycles. The molecule has 1 fully saturated rings. The van der Waals surface area contributed by atoms with Crippen LogP contribution in [0, 0.1) is 0 Å². The van der Waals surface area contributed by atoms with Crippen LogP contribution in [-0.4, -0.2) is 33.2 Å². The van der Waals surface area contributed by atoms with Gasteiger partial charge in [0.2, 0.25) is 0 Å². The van der Waals surface area contributed by atoms with Gasteiger partial charge in [0, 0.05) is 23.1 Å². The normalized spacial score (nSPS) is 13.5. The van der Waals surface area contributed by atoms with Crippen LogP contribution >= 0.6 is 11.8 Å². The zero-order valence-corrected chi connectivity index (χ0v) is 15.2. The first-order chi connectivity index (χ1) is 12.8. The Balaban J connectivity index is 1.42. The molecule has 0 saturated heterocycles. The summed E-state index contributed by atoms with van der Waals surface area (Å²) in [5.41, 5.74) is 2.34. The van der Waals surface area contributed by atoms with Gasteiger partial charge in [-0.05, 0) is 37.1 Å². The molecule has 1 N–H and O–H groups in total. The van der Waals surface area contributed by atoms with E-state index in [1.807, 2.05) is 53.2 Å². The lowest BCUT2D eigenvalue weighted by Crippen LogP contribution is -2.27. The lowest BCUT2D eigenvalue weighted by molar-refractivity contribution is 0.0950. The first-order valence-electron chi connectivity index (χ1n) is 8.80. The number of nitrogens with zero attached hydrogens (tertiary/aromatic N) is 3. The highest BCUT2D eigenvalue weighted by molar-refractivity contribution is 7.99. The highest BCUT2D eigenvalue weighted by Crippen LogP contribution is 2.41. The fourth-order valence-corrected chi connectivity index (χ4v) is 3.66. The molecule has 4 rings (SSSR count). The third-order valence-electron chi connectivity index (χ3n) is 4.28. The molecule has 26 heavy (non-hydrogen) atoms. The van der Waals surface area contributed by atoms with Gasteiger partial charge in [0.15, 0.2) is 5.69 Å². The molecular formula is C20H20N4OS. The number of aromatic nitrogens is 3. The van der Waals surface area contributed by atoms with Gasteiger partial charge >= 0.3 is 0 Å². The molecule has 5 nitrogen and oxygen atoms in total. The Labute approximate surface area is 156 Å². The number of carbonyl (C=O) groups excluding carboxylic acids is 1. The van der Waals surface area contributed by atoms with E-state index in [4.69, 9.17) is 0 Å². The predicted octanol–water partition coefficient (Wildman–Crippen LogP) is 3.67. The average Bonchev–Trinajstić information content (AvgIpc) is 3.44. The van der Waals surface area contributed by atoms with E-state index in [0.717, 1.165) is 30.0 Å². The molecule has 132 valence electrons. The number of hydrogen-bond acceptors (Lipinski definition) is 4. The number of thioether (sulfide) groups is 1. The number of hydrogen-bond donors (Lipinski definition) is 1. The third kappa shape index (κ3) is 3.80. The van der Waals surface area contributed by atoms with Crippen molar-refractivity contribution in [2.45, 2.75) is 23.7 Å². The van der Waals surface area contributed by atoms with Crippen molar-refractivity contribution in [3.63, 3.8) is 0 Å². The molecular weight excluding hydrogens is 344 g/mol. The Morgan fingerprint density at radius 1 is 1.08 bits per heavy atom. The van der Waals surface area contributed by atoms with Gasteiger partial charge in [-0.2, -0.15) is 0 Å². The summed E-state index contributed by atoms with van der Waals surface area (Å²) < 4.78 is 1.81. The zero-order chi connectivity index (χ0) is 17.8. The van der Waals surface area contributed by atoms with Gasteiger partial charge < -0.3 is 5.32 Å². The Hall–Kier alpha value is -2.60. The standard InChI is InChI=1S/C20H20N4OS/c25-20(21-13-14-26-17-9-5-2-6-10-17)18-19(15-11-12-15)24(23-22-18)16-7-3-1-4-8-16/h1-10,15H,11-14H2,(H,21,25). The number of benzene rings is 2. The highest BCUT2D eigenvalue weighted by Gasteiger charge is 2.34. The van der Waals surface area contributed by atoms with Crippen molar-refractivity contribution in [2.75, 3.05) is 12.3 Å². The summed E-state index contributed by atoms with van der Waals surface area (Å²) in [5.74, 6) is 1.06. The molecule has 1 aliphatic rings. The molecule has 0 spiro atoms. The van der Waals surface area contributed by atoms with Crippen molar-refractivity contribution in [1.29, 1.82) is 0 Å². The zero-order valence-electron chi connectivity index (χ0n) is 14.3. The van der Waals surface area contributed by atoms with Crippen molar-refractivity contribution >= 4 is 17.7 Å². The fraction of sp³-hybridized carbons (Fsp3) is 0.250. The largest absolute Gasteiger partial charge is 0.350 e. The van der Waals surface area contributed by atoms with Crippen LogP contribution in [0.1, 0.15) is 34.9 Å². The molecule has 1 amide bonds. The van der Waals surface area contributed by atoms with Gasteiger partial charge in [-0.25, -0.2) is 4.68 Å². The van der Waals surface area contributed by atoms with E-state index in [1.54, 1.807) is 11.8 Å². The molecule has 0 unspecified atom stereocenters. The highest BCUT2D eigenvalue weighted by atomic mass is 32.2. The van der Waals surface area contributed by atoms with Crippen LogP contribution in [0.25, 0.3) is 5.69 Å². The lowest BCUT2D eigenvalue weighted by Gasteiger charge is -2.07. The first kappa shape index (κ1) is 16.8. The van der Waals surface area contributed by atoms with E-state index in [2.05, 4.69) is 27.8 Å². The Morgan fingerprint density at radius 3 is 2.46 bits per heavy atom. The van der Waals surface area contributed by atoms with E-state index < -0.39 is 0 Å². The second-order valence-corrected chi connectivity index (χ2v) is 7.43. The molecule has 6 heteroatoms. The third-order valence-corrected chi connectivity index (χ3v) is 5.30. The van der Waals surface area contributed by atoms with Gasteiger partial charge in [0.25, 0.3) is 5.91 Å². The maximum Gasteiger partial charge on any atom is 0.273 e. The SMILES string of the molecule is O=C(NCCSc1ccccc1)c1nnn(-c2ccccc2)c1C1CC1. The summed E-state index contributed by atoms with van der Waals surface area (Å²) in [4.78, 5) is 13.8. The van der Waals surface area contributed by atoms with Crippen molar-refractivity contribution < 1.29 is 4.79 Å². The average molecular weight is 364 g/mol. The molecule has 1 heterocycles. The molecule has 3 aromatic rings. The van der Waals surface area contributed by atoms with Crippen LogP contribution < -0.4 is 5.32 Å². The molecule has 0 atom stereocenters. The molecule has 1 aliphatic carbocycles. The maximum atomic E-state index is 12.6. The summed E-state index contributed by atoms with van der Waals surface area (Å²) in [6.45, 7) is 0.598. The Morgan fingerprint density at radius 2 is 1.77 bits per heavy atom. The summed E-state index contributed by atoms with van der Waals surface area (Å²) in [5, 5.41) is 11.4. The van der Waals surface area contributed by atoms with Crippen LogP contribution in [-0.2, 0) is 0 Å². The van der Waals surface area contributed by atoms with E-state index in [9.17, 15) is 4.79 Å². The number of nitrogens with one attached hydrogen (secondary N) is 1. The molecule has 0 bridgehead atoms. The molecule has 0 aliphatic heterocycles. The summed E-state index contributed by atoms with van der Waals surface area (Å²) in [6, 6.07) is 20.1. The fourth-order valence-electron chi connectivity index (χ4n) is 2.87. The second kappa shape index (κ2) is 7.74. The number of para-hydroxylation sites is 1. The summed E-state index contributed by atoms with van der Waals surface area (Å²) in [6.07, 6.45) is 2.18. The van der Waals surface area contributed by atoms with Gasteiger partial charge in [-0.3, -0.25) is 4.79 Å². The summed E-state index contributed by atoms with van der Waals surface area (Å²) in [7, 11) is 0. The number of rotatable bonds is 7. The smallest absolute Gasteiger partial charge is 0.273 e. The van der Waals surface area contributed by atoms with Crippen molar-refractivity contribution in [3.05, 3.63) is 72.1 Å². The van der Waals surface area contributed by atoms with Crippen LogP contribution in [0.15, 0.2) is 65.6 Å². The lowest BCUT2D eigenvalue weighted by atomic mass is 10.2. The minimum absolute atomic E-state index is 0.136. The van der Waals surface area contributed by atoms with E-state index in [1.165, 1.54) is 4.90 Å². The van der Waals surface area contributed by atoms with Gasteiger partial charge in [-0.15, -0.1) is 16.9 Å². The van der Waals surface area contributed by atoms with E-state index in [-0.39, 0.29) is 5.91 Å². The Kier molecular flexibility index (Phi) is 5.02. The van der Waals surface area contributed by atoms with Crippen molar-refractivity contribution in [2.24, 2.45) is 0 Å². The molecule has 1 saturated carbocycles. The van der Waals surface area contributed by atoms with Crippen LogP contribution in [0.2, 0.25) is 0 Å². The van der Waals surface area contributed by atoms with E-state index in [0.29, 0.717) is 18.2 Å². The van der Waals surface area contributed by atoms with Crippen LogP contribution in [0.4, 0.5) is 0 Å². The number of carbonyl (C=O) groups is 1. The summed E-state index contributed by atoms with van der Waals surface area (Å²) >= 11 is 1.73. The van der Waals surface area contributed by atoms with Crippen LogP contribution in [0.5, 0.6) is 0 Å². The second-order valence-electron chi connectivity index (χ2n) is 6.26. The van der Waals surface area contributed by atoms with Gasteiger partial charge in [-0.1, -0.05) is 41.6 Å². The van der Waals surface area contributed by atoms with Gasteiger partial charge in [0.05, 0.1) is 11.4 Å². The molecule has 0 radical (unpaired) electrons. The van der Waals surface area contributed by atoms with Crippen molar-refractivity contribution in [3.8, 4) is 5.69 Å². The number of amides is 1. The monoisotopic (exact) mass is 364 g/mol. The minimum Gasteiger partial charge on any atom is -0.350 e. The van der Waals surface area contributed by atoms with Crippen molar-refractivity contribution in [1.82, 2.24) is 20.3 Å². The minimum atomic E-state index is -0.136. The van der Waals surface area contributed by atoms with E-state index >= 15 is 0 Å². The molecule has 2 aromatic carbocycles. The first-order valence-corrected chi connectivity index (χ1v) is 9.78. The van der Waals surface area contributed by atoms with Crippen LogP contribution in [0.3, 0.4) is 0 Å².